The number of aromatic nitrogens is 5. The van der Waals surface area contributed by atoms with Crippen molar-refractivity contribution in [3.63, 3.8) is 0 Å². The number of anilines is 1. The third-order valence-electron chi connectivity index (χ3n) is 9.01. The second-order valence-electron chi connectivity index (χ2n) is 14.1. The lowest BCUT2D eigenvalue weighted by atomic mass is 9.77. The summed E-state index contributed by atoms with van der Waals surface area (Å²) in [5.74, 6) is 2.63. The van der Waals surface area contributed by atoms with Gasteiger partial charge >= 0.3 is 11.9 Å². The molecule has 5 N–H and O–H groups in total. The van der Waals surface area contributed by atoms with Gasteiger partial charge in [0.15, 0.2) is 10.8 Å². The first-order chi connectivity index (χ1) is 28.4. The minimum absolute atomic E-state index is 0.0925. The first-order valence-electron chi connectivity index (χ1n) is 18.1. The molecule has 0 spiro atoms. The highest BCUT2D eigenvalue weighted by molar-refractivity contribution is 8.01. The molecule has 0 saturated carbocycles. The van der Waals surface area contributed by atoms with Crippen molar-refractivity contribution in [2.45, 2.75) is 48.5 Å². The van der Waals surface area contributed by atoms with Gasteiger partial charge < -0.3 is 31.2 Å². The lowest BCUT2D eigenvalue weighted by molar-refractivity contribution is -0.160. The SMILES string of the molecule is CC(C)(C)OC(=O)CO/N=C(\C(=O)N[C@@H]1C(=O)N2C(C(=O)O)=C(CSc3nnnn3N)CS[C@@H]12)c1csc(NC(c2ccccc2)(c2ccccc2)c2ccccc2)n1. The molecule has 0 unspecified atom stereocenters. The quantitative estimate of drug-likeness (QED) is 0.0223. The second-order valence-corrected chi connectivity index (χ2v) is 17.0. The number of nitrogens with two attached hydrogens (primary N) is 1. The fraction of sp³-hybridized carbons (Fsp3) is 0.256. The Morgan fingerprint density at radius 1 is 0.983 bits per heavy atom. The van der Waals surface area contributed by atoms with Crippen LogP contribution in [0.15, 0.2) is 118 Å². The number of benzene rings is 3. The Hall–Kier alpha value is -6.25. The summed E-state index contributed by atoms with van der Waals surface area (Å²) >= 11 is 3.62. The van der Waals surface area contributed by atoms with Gasteiger partial charge in [0.05, 0.1) is 0 Å². The maximum atomic E-state index is 14.1. The number of aliphatic carboxylic acids is 1. The molecule has 20 heteroatoms. The smallest absolute Gasteiger partial charge is 0.352 e. The largest absolute Gasteiger partial charge is 0.477 e. The fourth-order valence-corrected chi connectivity index (χ4v) is 9.57. The number of oxime groups is 1. The fourth-order valence-electron chi connectivity index (χ4n) is 6.54. The summed E-state index contributed by atoms with van der Waals surface area (Å²) in [5, 5.41) is 33.0. The minimum Gasteiger partial charge on any atom is -0.477 e. The summed E-state index contributed by atoms with van der Waals surface area (Å²) in [7, 11) is 0. The zero-order valence-electron chi connectivity index (χ0n) is 31.8. The van der Waals surface area contributed by atoms with Crippen LogP contribution in [0.2, 0.25) is 0 Å². The molecule has 1 fully saturated rings. The van der Waals surface area contributed by atoms with E-state index in [2.05, 4.69) is 31.3 Å². The van der Waals surface area contributed by atoms with Gasteiger partial charge in [0, 0.05) is 16.9 Å². The molecule has 2 aliphatic heterocycles. The Morgan fingerprint density at radius 3 is 2.14 bits per heavy atom. The molecule has 7 rings (SSSR count). The van der Waals surface area contributed by atoms with Crippen molar-refractivity contribution in [2.24, 2.45) is 5.16 Å². The number of carbonyl (C=O) groups is 4. The van der Waals surface area contributed by atoms with Crippen molar-refractivity contribution >= 4 is 69.5 Å². The van der Waals surface area contributed by atoms with Crippen molar-refractivity contribution in [2.75, 3.05) is 29.3 Å². The van der Waals surface area contributed by atoms with Crippen LogP contribution in [-0.4, -0.2) is 99.9 Å². The maximum Gasteiger partial charge on any atom is 0.352 e. The van der Waals surface area contributed by atoms with Gasteiger partial charge in [-0.15, -0.1) is 27.9 Å². The first-order valence-corrected chi connectivity index (χ1v) is 21.0. The van der Waals surface area contributed by atoms with Crippen LogP contribution < -0.4 is 16.5 Å². The number of esters is 1. The molecular formula is C39H38N10O7S3. The van der Waals surface area contributed by atoms with Gasteiger partial charge in [-0.1, -0.05) is 113 Å². The summed E-state index contributed by atoms with van der Waals surface area (Å²) in [4.78, 5) is 65.0. The highest BCUT2D eigenvalue weighted by atomic mass is 32.2. The Labute approximate surface area is 350 Å². The molecule has 0 bridgehead atoms. The van der Waals surface area contributed by atoms with Crippen molar-refractivity contribution < 1.29 is 33.9 Å². The van der Waals surface area contributed by atoms with Crippen LogP contribution in [0.4, 0.5) is 5.13 Å². The van der Waals surface area contributed by atoms with Gasteiger partial charge in [-0.05, 0) is 53.5 Å². The number of thioether (sulfide) groups is 2. The molecule has 0 radical (unpaired) electrons. The number of nitrogens with one attached hydrogen (secondary N) is 2. The Kier molecular flexibility index (Phi) is 12.0. The molecule has 304 valence electrons. The van der Waals surface area contributed by atoms with E-state index < -0.39 is 52.9 Å². The van der Waals surface area contributed by atoms with Gasteiger partial charge in [-0.3, -0.25) is 14.5 Å². The van der Waals surface area contributed by atoms with Crippen LogP contribution >= 0.6 is 34.9 Å². The van der Waals surface area contributed by atoms with Crippen LogP contribution in [-0.2, 0) is 34.3 Å². The molecule has 4 heterocycles. The van der Waals surface area contributed by atoms with E-state index in [1.807, 2.05) is 91.0 Å². The summed E-state index contributed by atoms with van der Waals surface area (Å²) < 4.78 is 5.34. The molecule has 3 aromatic carbocycles. The van der Waals surface area contributed by atoms with E-state index in [0.717, 1.165) is 38.1 Å². The lowest BCUT2D eigenvalue weighted by Crippen LogP contribution is -2.71. The summed E-state index contributed by atoms with van der Waals surface area (Å²) in [6.07, 6.45) is 0. The number of nitrogen functional groups attached to an aromatic ring is 1. The van der Waals surface area contributed by atoms with E-state index in [1.54, 1.807) is 26.2 Å². The first kappa shape index (κ1) is 40.9. The number of ether oxygens (including phenoxy) is 1. The predicted molar refractivity (Wildman–Crippen MR) is 222 cm³/mol. The van der Waals surface area contributed by atoms with E-state index in [9.17, 15) is 24.3 Å². The lowest BCUT2D eigenvalue weighted by Gasteiger charge is -2.49. The Bertz CT molecular complexity index is 2310. The zero-order chi connectivity index (χ0) is 41.7. The molecule has 1 saturated heterocycles. The number of tetrazole rings is 1. The van der Waals surface area contributed by atoms with E-state index >= 15 is 0 Å². The van der Waals surface area contributed by atoms with Crippen LogP contribution in [0.3, 0.4) is 0 Å². The number of amides is 2. The minimum atomic E-state index is -1.30. The summed E-state index contributed by atoms with van der Waals surface area (Å²) in [6, 6.07) is 28.6. The van der Waals surface area contributed by atoms with Gasteiger partial charge in [0.2, 0.25) is 11.8 Å². The molecule has 2 amide bonds. The molecule has 5 aromatic rings. The number of β-lactam (4-membered cyclic amide) rings is 1. The maximum absolute atomic E-state index is 14.1. The number of carboxylic acid groups (broad SMARTS) is 1. The standard InChI is InChI=1S/C39H38N10O7S3/c1-38(2,3)56-28(50)19-55-45-29(32(51)42-30-33(52)48-31(35(53)54)23(20-57-34(30)48)21-59-37-44-46-47-49(37)40)27-22-58-36(41-27)43-39(24-13-7-4-8-14-24,25-15-9-5-10-16-25)26-17-11-6-12-18-26/h4-18,22,30,34H,19-21,40H2,1-3H3,(H,41,43)(H,42,51)(H,53,54)/b45-29-/t30-,34+/m1/s1. The number of fused-ring (bicyclic) bond motifs is 1. The monoisotopic (exact) mass is 854 g/mol. The van der Waals surface area contributed by atoms with E-state index in [4.69, 9.17) is 20.4 Å². The van der Waals surface area contributed by atoms with Crippen molar-refractivity contribution in [3.05, 3.63) is 130 Å². The van der Waals surface area contributed by atoms with Gasteiger partial charge in [0.1, 0.15) is 33.9 Å². The highest BCUT2D eigenvalue weighted by Gasteiger charge is 2.54. The Morgan fingerprint density at radius 2 is 1.59 bits per heavy atom. The molecule has 2 aromatic heterocycles. The third kappa shape index (κ3) is 8.78. The van der Waals surface area contributed by atoms with Crippen LogP contribution in [0.1, 0.15) is 43.2 Å². The topological polar surface area (TPSA) is 229 Å². The molecule has 59 heavy (non-hydrogen) atoms. The average molecular weight is 855 g/mol. The van der Waals surface area contributed by atoms with E-state index in [-0.39, 0.29) is 33.8 Å². The number of hydrogen-bond donors (Lipinski definition) is 4. The van der Waals surface area contributed by atoms with Crippen molar-refractivity contribution in [3.8, 4) is 0 Å². The molecule has 2 aliphatic rings. The molecular weight excluding hydrogens is 817 g/mol. The number of carbonyl (C=O) groups excluding carboxylic acids is 3. The number of nitrogens with zero attached hydrogens (tertiary/aromatic N) is 7. The van der Waals surface area contributed by atoms with E-state index in [0.29, 0.717) is 10.7 Å². The Balaban J connectivity index is 1.17. The van der Waals surface area contributed by atoms with E-state index in [1.165, 1.54) is 23.1 Å². The third-order valence-corrected chi connectivity index (χ3v) is 12.1. The van der Waals surface area contributed by atoms with Gasteiger partial charge in [0.25, 0.3) is 11.8 Å². The number of carboxylic acids is 1. The molecule has 0 aliphatic carbocycles. The van der Waals surface area contributed by atoms with Crippen LogP contribution in [0.25, 0.3) is 0 Å². The van der Waals surface area contributed by atoms with Gasteiger partial charge in [-0.25, -0.2) is 14.6 Å². The second kappa shape index (κ2) is 17.3. The van der Waals surface area contributed by atoms with Crippen molar-refractivity contribution in [1.82, 2.24) is 35.5 Å². The normalized spacial score (nSPS) is 16.8. The zero-order valence-corrected chi connectivity index (χ0v) is 34.3. The molecule has 2 atom stereocenters. The molecule has 17 nitrogen and oxygen atoms in total. The summed E-state index contributed by atoms with van der Waals surface area (Å²) in [5.41, 5.74) is 1.10. The van der Waals surface area contributed by atoms with Crippen molar-refractivity contribution in [1.29, 1.82) is 0 Å². The van der Waals surface area contributed by atoms with Crippen LogP contribution in [0, 0.1) is 0 Å². The van der Waals surface area contributed by atoms with Gasteiger partial charge in [-0.2, -0.15) is 0 Å². The highest BCUT2D eigenvalue weighted by Crippen LogP contribution is 2.42. The number of rotatable bonds is 15. The predicted octanol–water partition coefficient (Wildman–Crippen LogP) is 3.84. The average Bonchev–Trinajstić information content (AvgIpc) is 3.87. The number of hydrogen-bond acceptors (Lipinski definition) is 16. The number of thiazole rings is 1. The van der Waals surface area contributed by atoms with Crippen LogP contribution in [0.5, 0.6) is 0 Å². The summed E-state index contributed by atoms with van der Waals surface area (Å²) in [6.45, 7) is 4.50.